The largest absolute Gasteiger partial charge is 0.497 e. The summed E-state index contributed by atoms with van der Waals surface area (Å²) in [5.41, 5.74) is 3.09. The lowest BCUT2D eigenvalue weighted by molar-refractivity contribution is -0.132. The van der Waals surface area contributed by atoms with E-state index in [0.29, 0.717) is 5.16 Å². The van der Waals surface area contributed by atoms with Crippen molar-refractivity contribution in [3.63, 3.8) is 0 Å². The van der Waals surface area contributed by atoms with Gasteiger partial charge in [-0.15, -0.1) is 10.2 Å². The molecule has 1 fully saturated rings. The molecule has 0 N–H and O–H groups in total. The Hall–Kier alpha value is -2.84. The van der Waals surface area contributed by atoms with Gasteiger partial charge < -0.3 is 14.5 Å². The molecule has 0 bridgehead atoms. The Kier molecular flexibility index (Phi) is 7.35. The molecule has 4 rings (SSSR count). The number of benzene rings is 2. The van der Waals surface area contributed by atoms with Crippen molar-refractivity contribution in [2.75, 3.05) is 39.8 Å². The smallest absolute Gasteiger partial charge is 0.235 e. The molecular weight excluding hydrogens is 434 g/mol. The number of amides is 1. The van der Waals surface area contributed by atoms with E-state index in [1.807, 2.05) is 40.7 Å². The van der Waals surface area contributed by atoms with Crippen LogP contribution in [0.3, 0.4) is 0 Å². The molecule has 1 aliphatic heterocycles. The van der Waals surface area contributed by atoms with E-state index in [2.05, 4.69) is 53.2 Å². The number of hydrogen-bond donors (Lipinski definition) is 0. The van der Waals surface area contributed by atoms with Gasteiger partial charge in [0.1, 0.15) is 5.75 Å². The van der Waals surface area contributed by atoms with Gasteiger partial charge >= 0.3 is 0 Å². The number of piperazine rings is 1. The number of methoxy groups -OCH3 is 1. The maximum Gasteiger partial charge on any atom is 0.235 e. The number of aromatic nitrogens is 3. The number of hydrogen-bond acceptors (Lipinski definition) is 6. The molecule has 1 aromatic heterocycles. The average molecular weight is 466 g/mol. The molecule has 7 nitrogen and oxygen atoms in total. The average Bonchev–Trinajstić information content (AvgIpc) is 3.27. The first-order valence-electron chi connectivity index (χ1n) is 11.3. The highest BCUT2D eigenvalue weighted by Gasteiger charge is 2.27. The van der Waals surface area contributed by atoms with Gasteiger partial charge in [-0.05, 0) is 56.8 Å². The molecule has 1 amide bonds. The maximum atomic E-state index is 13.2. The van der Waals surface area contributed by atoms with Crippen molar-refractivity contribution >= 4 is 17.7 Å². The monoisotopic (exact) mass is 465 g/mol. The molecule has 1 atom stereocenters. The van der Waals surface area contributed by atoms with Crippen molar-refractivity contribution in [3.05, 3.63) is 54.1 Å². The number of rotatable bonds is 7. The molecule has 2 heterocycles. The van der Waals surface area contributed by atoms with Crippen LogP contribution in [-0.2, 0) is 4.79 Å². The minimum absolute atomic E-state index is 0.153. The topological polar surface area (TPSA) is 63.5 Å². The van der Waals surface area contributed by atoms with Gasteiger partial charge in [0.05, 0.1) is 12.4 Å². The Balaban J connectivity index is 1.61. The van der Waals surface area contributed by atoms with Gasteiger partial charge in [0.25, 0.3) is 0 Å². The standard InChI is InChI=1S/C25H31N5O2S/c1-5-28-14-16-29(17-15-28)24(31)19(3)33-25-27-26-23(20-8-12-22(32-4)13-9-20)30(25)21-10-6-18(2)7-11-21/h6-13,19H,5,14-17H2,1-4H3. The summed E-state index contributed by atoms with van der Waals surface area (Å²) in [6, 6.07) is 16.1. The van der Waals surface area contributed by atoms with Crippen molar-refractivity contribution in [2.45, 2.75) is 31.2 Å². The van der Waals surface area contributed by atoms with Gasteiger partial charge in [0.2, 0.25) is 5.91 Å². The lowest BCUT2D eigenvalue weighted by atomic mass is 10.2. The third kappa shape index (κ3) is 5.23. The molecule has 1 saturated heterocycles. The summed E-state index contributed by atoms with van der Waals surface area (Å²) >= 11 is 1.46. The van der Waals surface area contributed by atoms with Gasteiger partial charge in [-0.2, -0.15) is 0 Å². The van der Waals surface area contributed by atoms with Crippen molar-refractivity contribution in [3.8, 4) is 22.8 Å². The van der Waals surface area contributed by atoms with E-state index in [4.69, 9.17) is 4.74 Å². The fraction of sp³-hybridized carbons (Fsp3) is 0.400. The zero-order valence-electron chi connectivity index (χ0n) is 19.7. The van der Waals surface area contributed by atoms with E-state index in [9.17, 15) is 4.79 Å². The molecule has 2 aromatic carbocycles. The van der Waals surface area contributed by atoms with Crippen LogP contribution in [0.5, 0.6) is 5.75 Å². The zero-order chi connectivity index (χ0) is 23.4. The van der Waals surface area contributed by atoms with E-state index in [1.165, 1.54) is 17.3 Å². The molecule has 0 aliphatic carbocycles. The number of ether oxygens (including phenoxy) is 1. The van der Waals surface area contributed by atoms with Crippen LogP contribution >= 0.6 is 11.8 Å². The quantitative estimate of drug-likeness (QED) is 0.493. The first-order valence-corrected chi connectivity index (χ1v) is 12.2. The van der Waals surface area contributed by atoms with Crippen molar-refractivity contribution in [1.29, 1.82) is 0 Å². The summed E-state index contributed by atoms with van der Waals surface area (Å²) in [6.45, 7) is 10.6. The van der Waals surface area contributed by atoms with Crippen molar-refractivity contribution < 1.29 is 9.53 Å². The van der Waals surface area contributed by atoms with Crippen LogP contribution < -0.4 is 4.74 Å². The minimum atomic E-state index is -0.254. The third-order valence-corrected chi connectivity index (χ3v) is 7.07. The van der Waals surface area contributed by atoms with Gasteiger partial charge in [-0.3, -0.25) is 9.36 Å². The number of nitrogens with zero attached hydrogens (tertiary/aromatic N) is 5. The Labute approximate surface area is 199 Å². The number of aryl methyl sites for hydroxylation is 1. The SMILES string of the molecule is CCN1CCN(C(=O)C(C)Sc2nnc(-c3ccc(OC)cc3)n2-c2ccc(C)cc2)CC1. The summed E-state index contributed by atoms with van der Waals surface area (Å²) in [5, 5.41) is 9.45. The van der Waals surface area contributed by atoms with Crippen LogP contribution in [0.1, 0.15) is 19.4 Å². The highest BCUT2D eigenvalue weighted by atomic mass is 32.2. The van der Waals surface area contributed by atoms with Crippen LogP contribution in [0.4, 0.5) is 0 Å². The van der Waals surface area contributed by atoms with Gasteiger partial charge in [-0.25, -0.2) is 0 Å². The van der Waals surface area contributed by atoms with E-state index in [-0.39, 0.29) is 11.2 Å². The summed E-state index contributed by atoms with van der Waals surface area (Å²) in [7, 11) is 1.65. The second-order valence-corrected chi connectivity index (χ2v) is 9.53. The molecule has 174 valence electrons. The molecule has 1 unspecified atom stereocenters. The van der Waals surface area contributed by atoms with Crippen LogP contribution in [-0.4, -0.2) is 75.6 Å². The van der Waals surface area contributed by atoms with Crippen LogP contribution in [0.25, 0.3) is 17.1 Å². The number of carbonyl (C=O) groups excluding carboxylic acids is 1. The van der Waals surface area contributed by atoms with Gasteiger partial charge in [0, 0.05) is 37.4 Å². The molecule has 33 heavy (non-hydrogen) atoms. The molecule has 8 heteroatoms. The summed E-state index contributed by atoms with van der Waals surface area (Å²) in [6.07, 6.45) is 0. The molecular formula is C25H31N5O2S. The molecule has 0 radical (unpaired) electrons. The number of thioether (sulfide) groups is 1. The van der Waals surface area contributed by atoms with Crippen molar-refractivity contribution in [2.24, 2.45) is 0 Å². The van der Waals surface area contributed by atoms with Crippen LogP contribution in [0.2, 0.25) is 0 Å². The second-order valence-electron chi connectivity index (χ2n) is 8.23. The Morgan fingerprint density at radius 3 is 2.30 bits per heavy atom. The van der Waals surface area contributed by atoms with Gasteiger partial charge in [0.15, 0.2) is 11.0 Å². The van der Waals surface area contributed by atoms with Gasteiger partial charge in [-0.1, -0.05) is 36.4 Å². The van der Waals surface area contributed by atoms with Crippen molar-refractivity contribution in [1.82, 2.24) is 24.6 Å². The number of likely N-dealkylation sites (N-methyl/N-ethyl adjacent to an activating group) is 1. The Morgan fingerprint density at radius 1 is 1.03 bits per heavy atom. The maximum absolute atomic E-state index is 13.2. The zero-order valence-corrected chi connectivity index (χ0v) is 20.5. The predicted molar refractivity (Wildman–Crippen MR) is 132 cm³/mol. The minimum Gasteiger partial charge on any atom is -0.497 e. The highest BCUT2D eigenvalue weighted by Crippen LogP contribution is 2.31. The Bertz CT molecular complexity index is 1070. The van der Waals surface area contributed by atoms with E-state index < -0.39 is 0 Å². The predicted octanol–water partition coefficient (Wildman–Crippen LogP) is 3.90. The van der Waals surface area contributed by atoms with E-state index in [0.717, 1.165) is 55.5 Å². The summed E-state index contributed by atoms with van der Waals surface area (Å²) in [4.78, 5) is 17.5. The van der Waals surface area contributed by atoms with E-state index >= 15 is 0 Å². The second kappa shape index (κ2) is 10.4. The normalized spacial score (nSPS) is 15.5. The molecule has 0 saturated carbocycles. The van der Waals surface area contributed by atoms with Crippen LogP contribution in [0.15, 0.2) is 53.7 Å². The van der Waals surface area contributed by atoms with Crippen LogP contribution in [0, 0.1) is 6.92 Å². The Morgan fingerprint density at radius 2 is 1.70 bits per heavy atom. The third-order valence-electron chi connectivity index (χ3n) is 6.03. The molecule has 3 aromatic rings. The van der Waals surface area contributed by atoms with E-state index in [1.54, 1.807) is 7.11 Å². The highest BCUT2D eigenvalue weighted by molar-refractivity contribution is 8.00. The lowest BCUT2D eigenvalue weighted by Crippen LogP contribution is -2.50. The lowest BCUT2D eigenvalue weighted by Gasteiger charge is -2.35. The fourth-order valence-corrected chi connectivity index (χ4v) is 4.90. The first-order chi connectivity index (χ1) is 16.0. The summed E-state index contributed by atoms with van der Waals surface area (Å²) in [5.74, 6) is 1.68. The molecule has 1 aliphatic rings. The number of carbonyl (C=O) groups is 1. The molecule has 0 spiro atoms. The summed E-state index contributed by atoms with van der Waals surface area (Å²) < 4.78 is 7.33. The fourth-order valence-electron chi connectivity index (χ4n) is 3.95. The first kappa shape index (κ1) is 23.3.